The molecule has 0 atom stereocenters. The average molecular weight is 325 g/mol. The molecule has 0 saturated heterocycles. The zero-order chi connectivity index (χ0) is 17.0. The molecule has 124 valence electrons. The molecule has 0 unspecified atom stereocenters. The van der Waals surface area contributed by atoms with E-state index in [1.165, 1.54) is 0 Å². The van der Waals surface area contributed by atoms with Crippen molar-refractivity contribution in [3.8, 4) is 11.6 Å². The summed E-state index contributed by atoms with van der Waals surface area (Å²) in [6.07, 6.45) is 2.20. The van der Waals surface area contributed by atoms with Crippen molar-refractivity contribution in [1.82, 2.24) is 15.5 Å². The molecule has 2 aromatic heterocycles. The molecule has 0 aliphatic rings. The number of carbonyl (C=O) groups is 1. The van der Waals surface area contributed by atoms with E-state index in [2.05, 4.69) is 15.5 Å². The van der Waals surface area contributed by atoms with Gasteiger partial charge in [0.05, 0.1) is 11.8 Å². The van der Waals surface area contributed by atoms with E-state index in [9.17, 15) is 4.79 Å². The van der Waals surface area contributed by atoms with Crippen LogP contribution in [0, 0.1) is 0 Å². The van der Waals surface area contributed by atoms with E-state index < -0.39 is 5.54 Å². The minimum Gasteiger partial charge on any atom is -0.461 e. The van der Waals surface area contributed by atoms with Gasteiger partial charge in [-0.25, -0.2) is 0 Å². The summed E-state index contributed by atoms with van der Waals surface area (Å²) >= 11 is 0. The lowest BCUT2D eigenvalue weighted by molar-refractivity contribution is -0.122. The Hall–Kier alpha value is -2.89. The molecule has 0 radical (unpaired) electrons. The fourth-order valence-electron chi connectivity index (χ4n) is 2.42. The van der Waals surface area contributed by atoms with Crippen LogP contribution in [-0.4, -0.2) is 16.0 Å². The van der Waals surface area contributed by atoms with E-state index >= 15 is 0 Å². The topological polar surface area (TPSA) is 81.2 Å². The lowest BCUT2D eigenvalue weighted by atomic mass is 9.94. The number of rotatable bonds is 6. The van der Waals surface area contributed by atoms with Gasteiger partial charge in [-0.05, 0) is 31.5 Å². The SMILES string of the molecule is CC(C)(NC(=O)CCc1nc(-c2ccco2)no1)c1ccccc1. The number of nitrogens with one attached hydrogen (secondary N) is 1. The van der Waals surface area contributed by atoms with Crippen molar-refractivity contribution in [2.45, 2.75) is 32.2 Å². The minimum atomic E-state index is -0.438. The summed E-state index contributed by atoms with van der Waals surface area (Å²) in [4.78, 5) is 16.4. The molecule has 0 bridgehead atoms. The maximum atomic E-state index is 12.2. The standard InChI is InChI=1S/C18H19N3O3/c1-18(2,13-7-4-3-5-8-13)20-15(22)10-11-16-19-17(21-24-16)14-9-6-12-23-14/h3-9,12H,10-11H2,1-2H3,(H,20,22). The highest BCUT2D eigenvalue weighted by Gasteiger charge is 2.22. The number of benzene rings is 1. The highest BCUT2D eigenvalue weighted by molar-refractivity contribution is 5.77. The third kappa shape index (κ3) is 3.71. The van der Waals surface area contributed by atoms with Gasteiger partial charge in [-0.15, -0.1) is 0 Å². The van der Waals surface area contributed by atoms with Crippen LogP contribution >= 0.6 is 0 Å². The van der Waals surface area contributed by atoms with Crippen molar-refractivity contribution >= 4 is 5.91 Å². The zero-order valence-corrected chi connectivity index (χ0v) is 13.7. The van der Waals surface area contributed by atoms with Crippen molar-refractivity contribution in [2.75, 3.05) is 0 Å². The van der Waals surface area contributed by atoms with Gasteiger partial charge in [-0.1, -0.05) is 35.5 Å². The number of hydrogen-bond donors (Lipinski definition) is 1. The third-order valence-corrected chi connectivity index (χ3v) is 3.72. The van der Waals surface area contributed by atoms with Crippen molar-refractivity contribution in [1.29, 1.82) is 0 Å². The average Bonchev–Trinajstić information content (AvgIpc) is 3.25. The number of carbonyl (C=O) groups excluding carboxylic acids is 1. The predicted octanol–water partition coefficient (Wildman–Crippen LogP) is 3.31. The molecule has 0 aliphatic heterocycles. The van der Waals surface area contributed by atoms with Gasteiger partial charge in [-0.3, -0.25) is 4.79 Å². The van der Waals surface area contributed by atoms with Crippen LogP contribution in [-0.2, 0) is 16.8 Å². The predicted molar refractivity (Wildman–Crippen MR) is 87.9 cm³/mol. The summed E-state index contributed by atoms with van der Waals surface area (Å²) in [7, 11) is 0. The van der Waals surface area contributed by atoms with Gasteiger partial charge in [0.1, 0.15) is 0 Å². The molecule has 0 aliphatic carbocycles. The molecule has 3 aromatic rings. The molecular formula is C18H19N3O3. The second kappa shape index (κ2) is 6.70. The summed E-state index contributed by atoms with van der Waals surface area (Å²) in [6, 6.07) is 13.4. The summed E-state index contributed by atoms with van der Waals surface area (Å²) in [5.74, 6) is 1.27. The monoisotopic (exact) mass is 325 g/mol. The van der Waals surface area contributed by atoms with Crippen molar-refractivity contribution in [3.63, 3.8) is 0 Å². The molecule has 0 fully saturated rings. The van der Waals surface area contributed by atoms with Crippen LogP contribution in [0.5, 0.6) is 0 Å². The second-order valence-corrected chi connectivity index (χ2v) is 6.03. The van der Waals surface area contributed by atoms with Crippen molar-refractivity contribution < 1.29 is 13.7 Å². The fraction of sp³-hybridized carbons (Fsp3) is 0.278. The number of aromatic nitrogens is 2. The van der Waals surface area contributed by atoms with Crippen LogP contribution in [0.1, 0.15) is 31.7 Å². The number of amides is 1. The maximum Gasteiger partial charge on any atom is 0.238 e. The lowest BCUT2D eigenvalue weighted by Crippen LogP contribution is -2.41. The van der Waals surface area contributed by atoms with Crippen molar-refractivity contribution in [3.05, 3.63) is 60.2 Å². The fourth-order valence-corrected chi connectivity index (χ4v) is 2.42. The van der Waals surface area contributed by atoms with Gasteiger partial charge in [-0.2, -0.15) is 4.98 Å². The van der Waals surface area contributed by atoms with Gasteiger partial charge in [0, 0.05) is 12.8 Å². The minimum absolute atomic E-state index is 0.0680. The first-order valence-corrected chi connectivity index (χ1v) is 7.77. The molecule has 6 heteroatoms. The first-order chi connectivity index (χ1) is 11.5. The van der Waals surface area contributed by atoms with Gasteiger partial charge in [0.25, 0.3) is 0 Å². The third-order valence-electron chi connectivity index (χ3n) is 3.72. The van der Waals surface area contributed by atoms with E-state index in [0.29, 0.717) is 23.9 Å². The molecule has 1 amide bonds. The van der Waals surface area contributed by atoms with E-state index in [1.807, 2.05) is 44.2 Å². The van der Waals surface area contributed by atoms with Crippen LogP contribution in [0.3, 0.4) is 0 Å². The molecule has 3 rings (SSSR count). The Morgan fingerprint density at radius 3 is 2.67 bits per heavy atom. The molecule has 2 heterocycles. The normalized spacial score (nSPS) is 11.4. The smallest absolute Gasteiger partial charge is 0.238 e. The first-order valence-electron chi connectivity index (χ1n) is 7.77. The maximum absolute atomic E-state index is 12.2. The Balaban J connectivity index is 1.56. The molecule has 6 nitrogen and oxygen atoms in total. The number of hydrogen-bond acceptors (Lipinski definition) is 5. The summed E-state index contributed by atoms with van der Waals surface area (Å²) in [5.41, 5.74) is 0.614. The van der Waals surface area contributed by atoms with Crippen LogP contribution in [0.2, 0.25) is 0 Å². The van der Waals surface area contributed by atoms with Crippen molar-refractivity contribution in [2.24, 2.45) is 0 Å². The Kier molecular flexibility index (Phi) is 4.46. The molecule has 1 N–H and O–H groups in total. The molecular weight excluding hydrogens is 306 g/mol. The van der Waals surface area contributed by atoms with Crippen LogP contribution in [0.15, 0.2) is 57.7 Å². The van der Waals surface area contributed by atoms with Gasteiger partial charge in [0.2, 0.25) is 17.6 Å². The quantitative estimate of drug-likeness (QED) is 0.752. The van der Waals surface area contributed by atoms with E-state index in [4.69, 9.17) is 8.94 Å². The van der Waals surface area contributed by atoms with E-state index in [1.54, 1.807) is 18.4 Å². The lowest BCUT2D eigenvalue weighted by Gasteiger charge is -2.26. The molecule has 24 heavy (non-hydrogen) atoms. The Morgan fingerprint density at radius 1 is 1.17 bits per heavy atom. The Labute approximate surface area is 139 Å². The summed E-state index contributed by atoms with van der Waals surface area (Å²) in [6.45, 7) is 3.95. The molecule has 1 aromatic carbocycles. The highest BCUT2D eigenvalue weighted by atomic mass is 16.5. The van der Waals surface area contributed by atoms with Gasteiger partial charge in [0.15, 0.2) is 5.76 Å². The zero-order valence-electron chi connectivity index (χ0n) is 13.7. The van der Waals surface area contributed by atoms with Crippen LogP contribution in [0.25, 0.3) is 11.6 Å². The highest BCUT2D eigenvalue weighted by Crippen LogP contribution is 2.20. The molecule has 0 saturated carbocycles. The van der Waals surface area contributed by atoms with E-state index in [-0.39, 0.29) is 12.3 Å². The van der Waals surface area contributed by atoms with Crippen LogP contribution < -0.4 is 5.32 Å². The Morgan fingerprint density at radius 2 is 1.96 bits per heavy atom. The second-order valence-electron chi connectivity index (χ2n) is 6.03. The molecule has 0 spiro atoms. The summed E-state index contributed by atoms with van der Waals surface area (Å²) in [5, 5.41) is 6.88. The summed E-state index contributed by atoms with van der Waals surface area (Å²) < 4.78 is 10.4. The van der Waals surface area contributed by atoms with Gasteiger partial charge < -0.3 is 14.3 Å². The Bertz CT molecular complexity index is 792. The first kappa shape index (κ1) is 16.0. The number of nitrogens with zero attached hydrogens (tertiary/aromatic N) is 2. The van der Waals surface area contributed by atoms with Gasteiger partial charge >= 0.3 is 0 Å². The van der Waals surface area contributed by atoms with Crippen LogP contribution in [0.4, 0.5) is 0 Å². The van der Waals surface area contributed by atoms with E-state index in [0.717, 1.165) is 5.56 Å². The number of furan rings is 1. The largest absolute Gasteiger partial charge is 0.461 e. The number of aryl methyl sites for hydroxylation is 1.